The van der Waals surface area contributed by atoms with E-state index in [1.807, 2.05) is 18.2 Å². The fourth-order valence-corrected chi connectivity index (χ4v) is 2.04. The maximum atomic E-state index is 12.2. The highest BCUT2D eigenvalue weighted by atomic mass is 35.5. The van der Waals surface area contributed by atoms with Gasteiger partial charge < -0.3 is 0 Å². The van der Waals surface area contributed by atoms with Crippen LogP contribution < -0.4 is 0 Å². The molecule has 0 heterocycles. The van der Waals surface area contributed by atoms with Crippen LogP contribution in [0.1, 0.15) is 22.8 Å². The maximum absolute atomic E-state index is 12.2. The first-order valence-electron chi connectivity index (χ1n) is 5.81. The minimum atomic E-state index is -0.0309. The number of rotatable bonds is 3. The molecule has 0 unspecified atom stereocenters. The van der Waals surface area contributed by atoms with Crippen molar-refractivity contribution >= 4 is 35.1 Å². The molecular formula is C16H12Cl2O. The van der Waals surface area contributed by atoms with E-state index in [-0.39, 0.29) is 5.78 Å². The predicted octanol–water partition coefficient (Wildman–Crippen LogP) is 5.28. The summed E-state index contributed by atoms with van der Waals surface area (Å²) in [7, 11) is 0. The van der Waals surface area contributed by atoms with Gasteiger partial charge in [-0.3, -0.25) is 4.79 Å². The van der Waals surface area contributed by atoms with Gasteiger partial charge in [0, 0.05) is 15.6 Å². The average molecular weight is 291 g/mol. The summed E-state index contributed by atoms with van der Waals surface area (Å²) in [6, 6.07) is 14.3. The molecule has 0 spiro atoms. The Labute approximate surface area is 122 Å². The summed E-state index contributed by atoms with van der Waals surface area (Å²) in [5.41, 5.74) is 2.09. The van der Waals surface area contributed by atoms with E-state index in [0.717, 1.165) is 5.56 Å². The second-order valence-corrected chi connectivity index (χ2v) is 5.03. The van der Waals surface area contributed by atoms with Crippen LogP contribution in [0, 0.1) is 0 Å². The second kappa shape index (κ2) is 6.05. The molecule has 1 nitrogen and oxygen atoms in total. The van der Waals surface area contributed by atoms with Gasteiger partial charge in [-0.05, 0) is 54.5 Å². The van der Waals surface area contributed by atoms with Gasteiger partial charge in [-0.2, -0.15) is 0 Å². The Morgan fingerprint density at radius 1 is 1.00 bits per heavy atom. The van der Waals surface area contributed by atoms with Crippen molar-refractivity contribution in [3.63, 3.8) is 0 Å². The van der Waals surface area contributed by atoms with Crippen LogP contribution in [0.3, 0.4) is 0 Å². The Morgan fingerprint density at radius 3 is 2.26 bits per heavy atom. The monoisotopic (exact) mass is 290 g/mol. The van der Waals surface area contributed by atoms with Crippen LogP contribution in [-0.4, -0.2) is 5.78 Å². The quantitative estimate of drug-likeness (QED) is 0.555. The minimum absolute atomic E-state index is 0.0309. The molecule has 0 aliphatic carbocycles. The number of hydrogen-bond acceptors (Lipinski definition) is 1. The Balaban J connectivity index is 2.29. The molecular weight excluding hydrogens is 279 g/mol. The number of carbonyl (C=O) groups excluding carboxylic acids is 1. The molecule has 2 aromatic carbocycles. The molecule has 0 bridgehead atoms. The van der Waals surface area contributed by atoms with E-state index >= 15 is 0 Å². The van der Waals surface area contributed by atoms with Crippen LogP contribution in [0.4, 0.5) is 0 Å². The first-order chi connectivity index (χ1) is 9.08. The molecule has 0 aliphatic rings. The highest BCUT2D eigenvalue weighted by molar-refractivity contribution is 6.32. The zero-order chi connectivity index (χ0) is 13.8. The third kappa shape index (κ3) is 3.46. The molecule has 0 fully saturated rings. The fraction of sp³-hybridized carbons (Fsp3) is 0.0625. The number of allylic oxidation sites excluding steroid dienone is 1. The second-order valence-electron chi connectivity index (χ2n) is 4.18. The van der Waals surface area contributed by atoms with Gasteiger partial charge >= 0.3 is 0 Å². The van der Waals surface area contributed by atoms with E-state index < -0.39 is 0 Å². The van der Waals surface area contributed by atoms with Gasteiger partial charge in [0.15, 0.2) is 5.78 Å². The van der Waals surface area contributed by atoms with Gasteiger partial charge in [0.05, 0.1) is 0 Å². The van der Waals surface area contributed by atoms with Crippen molar-refractivity contribution in [1.82, 2.24) is 0 Å². The molecule has 3 heteroatoms. The largest absolute Gasteiger partial charge is 0.289 e. The maximum Gasteiger partial charge on any atom is 0.188 e. The molecule has 2 aromatic rings. The van der Waals surface area contributed by atoms with E-state index in [1.54, 1.807) is 43.3 Å². The number of benzene rings is 2. The lowest BCUT2D eigenvalue weighted by Gasteiger charge is -2.03. The van der Waals surface area contributed by atoms with Gasteiger partial charge in [-0.1, -0.05) is 41.4 Å². The van der Waals surface area contributed by atoms with Crippen molar-refractivity contribution in [2.24, 2.45) is 0 Å². The highest BCUT2D eigenvalue weighted by Gasteiger charge is 2.08. The first kappa shape index (κ1) is 13.9. The summed E-state index contributed by atoms with van der Waals surface area (Å²) >= 11 is 11.9. The zero-order valence-electron chi connectivity index (χ0n) is 10.4. The number of halogens is 2. The molecule has 0 saturated carbocycles. The standard InChI is InChI=1S/C16H12Cl2O/c1-11(10-13-4-2-3-5-15(13)18)16(19)12-6-8-14(17)9-7-12/h2-10H,1H3. The number of ketones is 1. The van der Waals surface area contributed by atoms with Gasteiger partial charge in [-0.25, -0.2) is 0 Å². The smallest absolute Gasteiger partial charge is 0.188 e. The topological polar surface area (TPSA) is 17.1 Å². The van der Waals surface area contributed by atoms with E-state index in [2.05, 4.69) is 0 Å². The molecule has 0 N–H and O–H groups in total. The third-order valence-electron chi connectivity index (χ3n) is 2.74. The van der Waals surface area contributed by atoms with Crippen LogP contribution >= 0.6 is 23.2 Å². The Kier molecular flexibility index (Phi) is 4.41. The summed E-state index contributed by atoms with van der Waals surface area (Å²) in [6.45, 7) is 1.78. The molecule has 0 radical (unpaired) electrons. The summed E-state index contributed by atoms with van der Waals surface area (Å²) in [5.74, 6) is -0.0309. The van der Waals surface area contributed by atoms with E-state index in [4.69, 9.17) is 23.2 Å². The fourth-order valence-electron chi connectivity index (χ4n) is 1.72. The number of Topliss-reactive ketones (excluding diaryl/α,β-unsaturated/α-hetero) is 1. The van der Waals surface area contributed by atoms with Crippen molar-refractivity contribution in [1.29, 1.82) is 0 Å². The Morgan fingerprint density at radius 2 is 1.63 bits per heavy atom. The average Bonchev–Trinajstić information content (AvgIpc) is 2.41. The number of hydrogen-bond donors (Lipinski definition) is 0. The van der Waals surface area contributed by atoms with Crippen molar-refractivity contribution in [3.05, 3.63) is 75.3 Å². The van der Waals surface area contributed by atoms with Crippen molar-refractivity contribution in [2.75, 3.05) is 0 Å². The summed E-state index contributed by atoms with van der Waals surface area (Å²) in [4.78, 5) is 12.2. The molecule has 0 aliphatic heterocycles. The first-order valence-corrected chi connectivity index (χ1v) is 6.56. The van der Waals surface area contributed by atoms with Crippen LogP contribution in [0.25, 0.3) is 6.08 Å². The molecule has 0 amide bonds. The van der Waals surface area contributed by atoms with Gasteiger partial charge in [0.25, 0.3) is 0 Å². The van der Waals surface area contributed by atoms with Crippen molar-refractivity contribution < 1.29 is 4.79 Å². The van der Waals surface area contributed by atoms with Gasteiger partial charge in [-0.15, -0.1) is 0 Å². The van der Waals surface area contributed by atoms with Crippen molar-refractivity contribution in [2.45, 2.75) is 6.92 Å². The molecule has 96 valence electrons. The molecule has 0 aromatic heterocycles. The van der Waals surface area contributed by atoms with Crippen LogP contribution in [0.2, 0.25) is 10.0 Å². The molecule has 2 rings (SSSR count). The van der Waals surface area contributed by atoms with Gasteiger partial charge in [0.2, 0.25) is 0 Å². The SMILES string of the molecule is CC(=Cc1ccccc1Cl)C(=O)c1ccc(Cl)cc1. The Hall–Kier alpha value is -1.57. The van der Waals surface area contributed by atoms with E-state index in [0.29, 0.717) is 21.2 Å². The predicted molar refractivity (Wildman–Crippen MR) is 80.9 cm³/mol. The van der Waals surface area contributed by atoms with Crippen LogP contribution in [0.5, 0.6) is 0 Å². The lowest BCUT2D eigenvalue weighted by atomic mass is 10.0. The van der Waals surface area contributed by atoms with Crippen LogP contribution in [0.15, 0.2) is 54.1 Å². The molecule has 0 saturated heterocycles. The normalized spacial score (nSPS) is 11.4. The Bertz CT molecular complexity index is 627. The lowest BCUT2D eigenvalue weighted by molar-refractivity contribution is 0.103. The lowest BCUT2D eigenvalue weighted by Crippen LogP contribution is -2.00. The summed E-state index contributed by atoms with van der Waals surface area (Å²) in [5, 5.41) is 1.25. The summed E-state index contributed by atoms with van der Waals surface area (Å²) in [6.07, 6.45) is 1.79. The zero-order valence-corrected chi connectivity index (χ0v) is 11.9. The summed E-state index contributed by atoms with van der Waals surface area (Å²) < 4.78 is 0. The minimum Gasteiger partial charge on any atom is -0.289 e. The third-order valence-corrected chi connectivity index (χ3v) is 3.34. The molecule has 0 atom stereocenters. The molecule has 19 heavy (non-hydrogen) atoms. The van der Waals surface area contributed by atoms with E-state index in [9.17, 15) is 4.79 Å². The van der Waals surface area contributed by atoms with Crippen molar-refractivity contribution in [3.8, 4) is 0 Å². The van der Waals surface area contributed by atoms with Crippen LogP contribution in [-0.2, 0) is 0 Å². The number of carbonyl (C=O) groups is 1. The van der Waals surface area contributed by atoms with Gasteiger partial charge in [0.1, 0.15) is 0 Å². The highest BCUT2D eigenvalue weighted by Crippen LogP contribution is 2.20. The van der Waals surface area contributed by atoms with E-state index in [1.165, 1.54) is 0 Å².